The number of phenolic OH excluding ortho intramolecular Hbond substituents is 5. The summed E-state index contributed by atoms with van der Waals surface area (Å²) >= 11 is 0. The van der Waals surface area contributed by atoms with E-state index < -0.39 is 12.0 Å². The number of hydrogen-bond donors (Lipinski definition) is 5. The van der Waals surface area contributed by atoms with Crippen LogP contribution in [0.15, 0.2) is 72.8 Å². The minimum atomic E-state index is -0.524. The Morgan fingerprint density at radius 2 is 1.29 bits per heavy atom. The van der Waals surface area contributed by atoms with Crippen molar-refractivity contribution in [3.05, 3.63) is 106 Å². The van der Waals surface area contributed by atoms with Crippen LogP contribution in [0.5, 0.6) is 34.5 Å². The lowest BCUT2D eigenvalue weighted by molar-refractivity contribution is 0.221. The smallest absolute Gasteiger partial charge is 0.135 e. The lowest BCUT2D eigenvalue weighted by Gasteiger charge is -2.22. The summed E-state index contributed by atoms with van der Waals surface area (Å²) < 4.78 is 6.36. The van der Waals surface area contributed by atoms with Crippen molar-refractivity contribution in [3.63, 3.8) is 0 Å². The first-order chi connectivity index (χ1) is 16.4. The van der Waals surface area contributed by atoms with E-state index in [1.54, 1.807) is 66.7 Å². The average molecular weight is 452 g/mol. The van der Waals surface area contributed by atoms with Crippen LogP contribution in [-0.2, 0) is 0 Å². The minimum Gasteiger partial charge on any atom is -0.508 e. The van der Waals surface area contributed by atoms with Crippen LogP contribution in [0.25, 0.3) is 11.6 Å². The first kappa shape index (κ1) is 20.1. The van der Waals surface area contributed by atoms with E-state index in [1.165, 1.54) is 6.07 Å². The number of fused-ring (bicyclic) bond motifs is 2. The molecule has 0 saturated heterocycles. The number of rotatable bonds is 2. The number of hydrogen-bond acceptors (Lipinski definition) is 6. The fraction of sp³-hybridized carbons (Fsp3) is 0.0714. The highest BCUT2D eigenvalue weighted by molar-refractivity contribution is 5.97. The number of phenols is 5. The molecule has 6 rings (SSSR count). The molecule has 1 aliphatic heterocycles. The van der Waals surface area contributed by atoms with Gasteiger partial charge in [-0.05, 0) is 70.3 Å². The molecule has 1 aliphatic carbocycles. The van der Waals surface area contributed by atoms with Crippen molar-refractivity contribution in [2.24, 2.45) is 0 Å². The Morgan fingerprint density at radius 3 is 2.00 bits per heavy atom. The van der Waals surface area contributed by atoms with Gasteiger partial charge in [0.05, 0.1) is 5.92 Å². The molecule has 6 heteroatoms. The Morgan fingerprint density at radius 1 is 0.647 bits per heavy atom. The summed E-state index contributed by atoms with van der Waals surface area (Å²) in [4.78, 5) is 0. The van der Waals surface area contributed by atoms with Crippen molar-refractivity contribution < 1.29 is 30.3 Å². The third-order valence-corrected chi connectivity index (χ3v) is 6.48. The fourth-order valence-corrected chi connectivity index (χ4v) is 5.01. The van der Waals surface area contributed by atoms with E-state index in [1.807, 2.05) is 6.08 Å². The zero-order chi connectivity index (χ0) is 23.6. The molecular formula is C28H20O6. The van der Waals surface area contributed by atoms with Crippen LogP contribution >= 0.6 is 0 Å². The Hall–Kier alpha value is -4.58. The van der Waals surface area contributed by atoms with Crippen LogP contribution in [0.2, 0.25) is 0 Å². The van der Waals surface area contributed by atoms with E-state index in [2.05, 4.69) is 0 Å². The highest BCUT2D eigenvalue weighted by Gasteiger charge is 2.42. The maximum absolute atomic E-state index is 10.9. The maximum atomic E-state index is 10.9. The summed E-state index contributed by atoms with van der Waals surface area (Å²) in [6.07, 6.45) is 1.31. The summed E-state index contributed by atoms with van der Waals surface area (Å²) in [7, 11) is 0. The topological polar surface area (TPSA) is 110 Å². The lowest BCUT2D eigenvalue weighted by Crippen LogP contribution is -2.12. The van der Waals surface area contributed by atoms with E-state index in [9.17, 15) is 25.5 Å². The first-order valence-corrected chi connectivity index (χ1v) is 10.8. The molecule has 2 aliphatic rings. The second-order valence-corrected chi connectivity index (χ2v) is 8.59. The van der Waals surface area contributed by atoms with Gasteiger partial charge in [0.1, 0.15) is 40.6 Å². The van der Waals surface area contributed by atoms with Gasteiger partial charge in [-0.3, -0.25) is 0 Å². The van der Waals surface area contributed by atoms with Gasteiger partial charge in [0.2, 0.25) is 0 Å². The van der Waals surface area contributed by atoms with Crippen molar-refractivity contribution >= 4 is 11.6 Å². The molecule has 5 N–H and O–H groups in total. The molecular weight excluding hydrogens is 432 g/mol. The third kappa shape index (κ3) is 3.03. The number of benzene rings is 4. The monoisotopic (exact) mass is 452 g/mol. The van der Waals surface area contributed by atoms with Crippen LogP contribution in [0.4, 0.5) is 0 Å². The molecule has 2 unspecified atom stereocenters. The van der Waals surface area contributed by atoms with Gasteiger partial charge in [-0.1, -0.05) is 24.3 Å². The second-order valence-electron chi connectivity index (χ2n) is 8.59. The van der Waals surface area contributed by atoms with Crippen LogP contribution in [0.3, 0.4) is 0 Å². The molecule has 0 aromatic heterocycles. The van der Waals surface area contributed by atoms with Gasteiger partial charge in [-0.25, -0.2) is 0 Å². The van der Waals surface area contributed by atoms with Gasteiger partial charge in [0.15, 0.2) is 0 Å². The molecule has 168 valence electrons. The summed E-state index contributed by atoms with van der Waals surface area (Å²) in [6.45, 7) is 0. The predicted molar refractivity (Wildman–Crippen MR) is 126 cm³/mol. The van der Waals surface area contributed by atoms with Crippen LogP contribution in [-0.4, -0.2) is 25.5 Å². The van der Waals surface area contributed by atoms with Crippen LogP contribution in [0, 0.1) is 0 Å². The Kier molecular flexibility index (Phi) is 4.26. The van der Waals surface area contributed by atoms with Gasteiger partial charge in [0, 0.05) is 23.3 Å². The van der Waals surface area contributed by atoms with Crippen molar-refractivity contribution in [1.29, 1.82) is 0 Å². The van der Waals surface area contributed by atoms with Crippen LogP contribution in [0.1, 0.15) is 45.4 Å². The highest BCUT2D eigenvalue weighted by Crippen LogP contribution is 2.57. The van der Waals surface area contributed by atoms with Gasteiger partial charge in [-0.2, -0.15) is 0 Å². The van der Waals surface area contributed by atoms with Crippen LogP contribution < -0.4 is 4.74 Å². The van der Waals surface area contributed by atoms with Crippen molar-refractivity contribution in [1.82, 2.24) is 0 Å². The first-order valence-electron chi connectivity index (χ1n) is 10.8. The molecule has 0 saturated carbocycles. The largest absolute Gasteiger partial charge is 0.508 e. The van der Waals surface area contributed by atoms with Crippen molar-refractivity contribution in [2.75, 3.05) is 0 Å². The molecule has 6 nitrogen and oxygen atoms in total. The molecule has 34 heavy (non-hydrogen) atoms. The molecule has 4 aromatic carbocycles. The van der Waals surface area contributed by atoms with E-state index in [0.29, 0.717) is 16.9 Å². The van der Waals surface area contributed by atoms with Gasteiger partial charge < -0.3 is 30.3 Å². The van der Waals surface area contributed by atoms with E-state index in [-0.39, 0.29) is 28.7 Å². The van der Waals surface area contributed by atoms with Gasteiger partial charge >= 0.3 is 0 Å². The van der Waals surface area contributed by atoms with E-state index >= 15 is 0 Å². The zero-order valence-corrected chi connectivity index (χ0v) is 17.8. The Labute approximate surface area is 194 Å². The van der Waals surface area contributed by atoms with E-state index in [0.717, 1.165) is 27.8 Å². The normalized spacial score (nSPS) is 17.8. The molecule has 0 fully saturated rings. The average Bonchev–Trinajstić information content (AvgIpc) is 3.11. The molecule has 4 aromatic rings. The Balaban J connectivity index is 1.68. The maximum Gasteiger partial charge on any atom is 0.135 e. The summed E-state index contributed by atoms with van der Waals surface area (Å²) in [6, 6.07) is 19.5. The van der Waals surface area contributed by atoms with E-state index in [4.69, 9.17) is 4.74 Å². The molecule has 0 radical (unpaired) electrons. The Bertz CT molecular complexity index is 1470. The SMILES string of the molecule is Oc1ccc(C2=Cc3c(O)cc(O)cc3C3c4c(cc(O)cc42)OC3c2ccc(O)cc2)cc1. The summed E-state index contributed by atoms with van der Waals surface area (Å²) in [5.74, 6) is 0.220. The number of ether oxygens (including phenoxy) is 1. The predicted octanol–water partition coefficient (Wildman–Crippen LogP) is 5.38. The molecule has 0 amide bonds. The summed E-state index contributed by atoms with van der Waals surface area (Å²) in [5.41, 5.74) is 5.05. The minimum absolute atomic E-state index is 0.0292. The van der Waals surface area contributed by atoms with Gasteiger partial charge in [-0.15, -0.1) is 0 Å². The fourth-order valence-electron chi connectivity index (χ4n) is 5.01. The van der Waals surface area contributed by atoms with Crippen molar-refractivity contribution in [2.45, 2.75) is 12.0 Å². The van der Waals surface area contributed by atoms with Crippen molar-refractivity contribution in [3.8, 4) is 34.5 Å². The number of aromatic hydroxyl groups is 5. The lowest BCUT2D eigenvalue weighted by atomic mass is 9.81. The molecule has 2 atom stereocenters. The van der Waals surface area contributed by atoms with Gasteiger partial charge in [0.25, 0.3) is 0 Å². The zero-order valence-electron chi connectivity index (χ0n) is 17.8. The molecule has 1 heterocycles. The highest BCUT2D eigenvalue weighted by atomic mass is 16.5. The summed E-state index contributed by atoms with van der Waals surface area (Å²) in [5, 5.41) is 51.4. The third-order valence-electron chi connectivity index (χ3n) is 6.48. The quantitative estimate of drug-likeness (QED) is 0.279. The molecule has 0 spiro atoms. The second kappa shape index (κ2) is 7.22. The molecule has 0 bridgehead atoms. The standard InChI is InChI=1S/C28H20O6/c29-16-5-1-14(2-6-16)20-13-21-23(9-18(31)11-24(21)33)27-26-22(20)10-19(32)12-25(26)34-28(27)15-3-7-17(30)8-4-15/h1-13,27-33H.